The lowest BCUT2D eigenvalue weighted by molar-refractivity contribution is -0.0835. The van der Waals surface area contributed by atoms with E-state index in [4.69, 9.17) is 10.00 Å². The molecule has 0 saturated carbocycles. The van der Waals surface area contributed by atoms with Gasteiger partial charge in [-0.15, -0.1) is 0 Å². The summed E-state index contributed by atoms with van der Waals surface area (Å²) in [5, 5.41) is 8.93. The molecule has 1 N–H and O–H groups in total. The smallest absolute Gasteiger partial charge is 0.117 e. The van der Waals surface area contributed by atoms with Crippen molar-refractivity contribution in [2.24, 2.45) is 0 Å². The fourth-order valence-corrected chi connectivity index (χ4v) is 3.86. The number of nitrogens with zero attached hydrogens (tertiary/aromatic N) is 3. The van der Waals surface area contributed by atoms with Crippen LogP contribution in [0.4, 0.5) is 0 Å². The SMILES string of the molecule is N#Cc1cc(CN2CCN3[C@@H](COC[C@@H]3c3ccccc3)C2)c[nH]1. The normalized spacial score (nSPS) is 25.1. The number of hydrogen-bond acceptors (Lipinski definition) is 4. The average Bonchev–Trinajstić information content (AvgIpc) is 3.09. The van der Waals surface area contributed by atoms with Gasteiger partial charge in [-0.2, -0.15) is 5.26 Å². The van der Waals surface area contributed by atoms with Crippen molar-refractivity contribution in [2.45, 2.75) is 18.6 Å². The third kappa shape index (κ3) is 3.09. The summed E-state index contributed by atoms with van der Waals surface area (Å²) in [6.45, 7) is 5.59. The van der Waals surface area contributed by atoms with E-state index in [1.54, 1.807) is 0 Å². The molecule has 0 amide bonds. The van der Waals surface area contributed by atoms with Crippen LogP contribution in [0.1, 0.15) is 22.9 Å². The summed E-state index contributed by atoms with van der Waals surface area (Å²) in [6, 6.07) is 15.6. The van der Waals surface area contributed by atoms with Crippen molar-refractivity contribution >= 4 is 0 Å². The fraction of sp³-hybridized carbons (Fsp3) is 0.421. The lowest BCUT2D eigenvalue weighted by Gasteiger charge is -2.48. The maximum Gasteiger partial charge on any atom is 0.117 e. The Balaban J connectivity index is 1.43. The molecule has 5 nitrogen and oxygen atoms in total. The second-order valence-corrected chi connectivity index (χ2v) is 6.62. The number of fused-ring (bicyclic) bond motifs is 1. The highest BCUT2D eigenvalue weighted by molar-refractivity contribution is 5.26. The van der Waals surface area contributed by atoms with Gasteiger partial charge in [0.05, 0.1) is 19.3 Å². The lowest BCUT2D eigenvalue weighted by Crippen LogP contribution is -2.58. The molecule has 0 unspecified atom stereocenters. The van der Waals surface area contributed by atoms with E-state index in [-0.39, 0.29) is 0 Å². The third-order valence-electron chi connectivity index (χ3n) is 5.05. The monoisotopic (exact) mass is 322 g/mol. The Morgan fingerprint density at radius 3 is 2.88 bits per heavy atom. The zero-order valence-electron chi connectivity index (χ0n) is 13.7. The van der Waals surface area contributed by atoms with Crippen molar-refractivity contribution in [3.05, 3.63) is 59.4 Å². The van der Waals surface area contributed by atoms with E-state index in [1.165, 1.54) is 11.1 Å². The summed E-state index contributed by atoms with van der Waals surface area (Å²) in [7, 11) is 0. The molecule has 0 spiro atoms. The maximum absolute atomic E-state index is 8.93. The van der Waals surface area contributed by atoms with Crippen LogP contribution >= 0.6 is 0 Å². The van der Waals surface area contributed by atoms with E-state index >= 15 is 0 Å². The number of benzene rings is 1. The molecule has 1 aromatic carbocycles. The molecule has 2 aromatic rings. The molecular weight excluding hydrogens is 300 g/mol. The van der Waals surface area contributed by atoms with Crippen molar-refractivity contribution in [1.82, 2.24) is 14.8 Å². The highest BCUT2D eigenvalue weighted by atomic mass is 16.5. The molecule has 24 heavy (non-hydrogen) atoms. The standard InChI is InChI=1S/C19H22N4O/c20-9-17-8-15(10-21-17)11-22-6-7-23-18(12-22)13-24-14-19(23)16-4-2-1-3-5-16/h1-5,8,10,18-19,21H,6-7,11-14H2/t18-,19-/m1/s1. The molecule has 3 heterocycles. The number of hydrogen-bond donors (Lipinski definition) is 1. The molecule has 4 rings (SSSR count). The first-order valence-electron chi connectivity index (χ1n) is 8.51. The number of nitrogens with one attached hydrogen (secondary N) is 1. The number of nitriles is 1. The van der Waals surface area contributed by atoms with Crippen LogP contribution in [0.3, 0.4) is 0 Å². The van der Waals surface area contributed by atoms with Gasteiger partial charge in [-0.05, 0) is 17.2 Å². The Kier molecular flexibility index (Phi) is 4.35. The predicted octanol–water partition coefficient (Wildman–Crippen LogP) is 2.14. The van der Waals surface area contributed by atoms with Gasteiger partial charge in [0.25, 0.3) is 0 Å². The van der Waals surface area contributed by atoms with Crippen molar-refractivity contribution in [2.75, 3.05) is 32.8 Å². The first-order chi connectivity index (χ1) is 11.8. The van der Waals surface area contributed by atoms with Crippen LogP contribution in [0.25, 0.3) is 0 Å². The van der Waals surface area contributed by atoms with Crippen molar-refractivity contribution in [3.8, 4) is 6.07 Å². The molecule has 2 atom stereocenters. The number of H-pyrrole nitrogens is 1. The van der Waals surface area contributed by atoms with Gasteiger partial charge in [-0.1, -0.05) is 30.3 Å². The van der Waals surface area contributed by atoms with Gasteiger partial charge in [0, 0.05) is 38.4 Å². The van der Waals surface area contributed by atoms with E-state index in [0.717, 1.165) is 39.4 Å². The van der Waals surface area contributed by atoms with E-state index in [0.29, 0.717) is 17.8 Å². The highest BCUT2D eigenvalue weighted by Gasteiger charge is 2.36. The zero-order valence-corrected chi connectivity index (χ0v) is 13.7. The molecule has 5 heteroatoms. The van der Waals surface area contributed by atoms with Crippen molar-refractivity contribution in [3.63, 3.8) is 0 Å². The second-order valence-electron chi connectivity index (χ2n) is 6.62. The summed E-state index contributed by atoms with van der Waals surface area (Å²) in [4.78, 5) is 8.07. The first kappa shape index (κ1) is 15.4. The molecule has 2 aliphatic rings. The minimum Gasteiger partial charge on any atom is -0.378 e. The van der Waals surface area contributed by atoms with Gasteiger partial charge < -0.3 is 9.72 Å². The number of piperazine rings is 1. The molecule has 1 aromatic heterocycles. The number of rotatable bonds is 3. The van der Waals surface area contributed by atoms with Crippen LogP contribution in [-0.4, -0.2) is 53.7 Å². The zero-order chi connectivity index (χ0) is 16.4. The summed E-state index contributed by atoms with van der Waals surface area (Å²) >= 11 is 0. The highest BCUT2D eigenvalue weighted by Crippen LogP contribution is 2.29. The van der Waals surface area contributed by atoms with Crippen LogP contribution in [-0.2, 0) is 11.3 Å². The topological polar surface area (TPSA) is 55.3 Å². The lowest BCUT2D eigenvalue weighted by atomic mass is 10.00. The Bertz CT molecular complexity index is 720. The third-order valence-corrected chi connectivity index (χ3v) is 5.05. The summed E-state index contributed by atoms with van der Waals surface area (Å²) in [5.74, 6) is 0. The van der Waals surface area contributed by atoms with Crippen LogP contribution in [0.2, 0.25) is 0 Å². The maximum atomic E-state index is 8.93. The molecule has 2 fully saturated rings. The summed E-state index contributed by atoms with van der Waals surface area (Å²) < 4.78 is 5.91. The Morgan fingerprint density at radius 1 is 1.21 bits per heavy atom. The Labute approximate surface area is 142 Å². The van der Waals surface area contributed by atoms with Crippen molar-refractivity contribution < 1.29 is 4.74 Å². The Morgan fingerprint density at radius 2 is 2.08 bits per heavy atom. The van der Waals surface area contributed by atoms with Gasteiger partial charge in [-0.25, -0.2) is 0 Å². The van der Waals surface area contributed by atoms with E-state index in [2.05, 4.69) is 51.2 Å². The van der Waals surface area contributed by atoms with Crippen LogP contribution in [0, 0.1) is 11.3 Å². The molecule has 0 aliphatic carbocycles. The molecule has 2 saturated heterocycles. The summed E-state index contributed by atoms with van der Waals surface area (Å²) in [5.41, 5.74) is 3.16. The van der Waals surface area contributed by atoms with Crippen LogP contribution < -0.4 is 0 Å². The fourth-order valence-electron chi connectivity index (χ4n) is 3.86. The number of aromatic nitrogens is 1. The predicted molar refractivity (Wildman–Crippen MR) is 91.3 cm³/mol. The Hall–Kier alpha value is -2.13. The van der Waals surface area contributed by atoms with Gasteiger partial charge >= 0.3 is 0 Å². The van der Waals surface area contributed by atoms with Gasteiger partial charge in [0.1, 0.15) is 11.8 Å². The van der Waals surface area contributed by atoms with Crippen LogP contribution in [0.15, 0.2) is 42.6 Å². The van der Waals surface area contributed by atoms with E-state index < -0.39 is 0 Å². The minimum atomic E-state index is 0.365. The minimum absolute atomic E-state index is 0.365. The molecular formula is C19H22N4O. The number of aromatic amines is 1. The number of morpholine rings is 1. The van der Waals surface area contributed by atoms with Gasteiger partial charge in [-0.3, -0.25) is 9.80 Å². The molecule has 0 radical (unpaired) electrons. The molecule has 2 aliphatic heterocycles. The first-order valence-corrected chi connectivity index (χ1v) is 8.51. The average molecular weight is 322 g/mol. The van der Waals surface area contributed by atoms with Crippen LogP contribution in [0.5, 0.6) is 0 Å². The largest absolute Gasteiger partial charge is 0.378 e. The van der Waals surface area contributed by atoms with Crippen molar-refractivity contribution in [1.29, 1.82) is 5.26 Å². The molecule has 0 bridgehead atoms. The second kappa shape index (κ2) is 6.78. The van der Waals surface area contributed by atoms with E-state index in [1.807, 2.05) is 12.3 Å². The quantitative estimate of drug-likeness (QED) is 0.941. The van der Waals surface area contributed by atoms with E-state index in [9.17, 15) is 0 Å². The summed E-state index contributed by atoms with van der Waals surface area (Å²) in [6.07, 6.45) is 1.94. The van der Waals surface area contributed by atoms with Gasteiger partial charge in [0.15, 0.2) is 0 Å². The molecule has 124 valence electrons. The number of ether oxygens (including phenoxy) is 1. The van der Waals surface area contributed by atoms with Gasteiger partial charge in [0.2, 0.25) is 0 Å².